The number of amides is 1. The average Bonchev–Trinajstić information content (AvgIpc) is 2.39. The van der Waals surface area contributed by atoms with Crippen LogP contribution in [0.25, 0.3) is 0 Å². The van der Waals surface area contributed by atoms with E-state index in [4.69, 9.17) is 4.74 Å². The molecule has 4 heteroatoms. The molecule has 1 amide bonds. The van der Waals surface area contributed by atoms with Crippen molar-refractivity contribution in [2.75, 3.05) is 11.9 Å². The summed E-state index contributed by atoms with van der Waals surface area (Å²) >= 11 is 0. The Hall–Kier alpha value is -1.71. The summed E-state index contributed by atoms with van der Waals surface area (Å²) in [5.74, 6) is 0.831. The summed E-state index contributed by atoms with van der Waals surface area (Å²) in [5, 5.41) is 6.20. The van der Waals surface area contributed by atoms with Crippen molar-refractivity contribution >= 4 is 11.6 Å². The van der Waals surface area contributed by atoms with Crippen LogP contribution in [0.5, 0.6) is 5.75 Å². The first-order valence-corrected chi connectivity index (χ1v) is 7.36. The van der Waals surface area contributed by atoms with E-state index in [1.807, 2.05) is 45.0 Å². The topological polar surface area (TPSA) is 50.4 Å². The first kappa shape index (κ1) is 16.3. The third-order valence-electron chi connectivity index (χ3n) is 3.03. The molecular formula is C16H26N2O2. The van der Waals surface area contributed by atoms with E-state index in [9.17, 15) is 4.79 Å². The lowest BCUT2D eigenvalue weighted by atomic mass is 10.2. The molecule has 0 aliphatic heterocycles. The molecule has 0 aliphatic carbocycles. The van der Waals surface area contributed by atoms with E-state index in [1.165, 1.54) is 0 Å². The largest absolute Gasteiger partial charge is 0.494 e. The smallest absolute Gasteiger partial charge is 0.242 e. The minimum Gasteiger partial charge on any atom is -0.494 e. The first-order valence-electron chi connectivity index (χ1n) is 7.36. The monoisotopic (exact) mass is 278 g/mol. The zero-order valence-electron chi connectivity index (χ0n) is 12.9. The average molecular weight is 278 g/mol. The molecule has 2 atom stereocenters. The summed E-state index contributed by atoms with van der Waals surface area (Å²) < 4.78 is 5.44. The van der Waals surface area contributed by atoms with Crippen molar-refractivity contribution in [2.24, 2.45) is 0 Å². The minimum atomic E-state index is -0.272. The SMILES string of the molecule is CCCC(C)NC(=O)C(C)Nc1cccc(OCC)c1. The minimum absolute atomic E-state index is 0.0211. The Morgan fingerprint density at radius 1 is 1.30 bits per heavy atom. The third kappa shape index (κ3) is 5.51. The number of ether oxygens (including phenoxy) is 1. The highest BCUT2D eigenvalue weighted by Gasteiger charge is 2.14. The van der Waals surface area contributed by atoms with Crippen LogP contribution in [-0.2, 0) is 4.79 Å². The number of nitrogens with one attached hydrogen (secondary N) is 2. The Morgan fingerprint density at radius 2 is 2.05 bits per heavy atom. The summed E-state index contributed by atoms with van der Waals surface area (Å²) in [6.45, 7) is 8.59. The molecule has 112 valence electrons. The van der Waals surface area contributed by atoms with Gasteiger partial charge in [0.05, 0.1) is 6.61 Å². The molecule has 0 saturated carbocycles. The number of anilines is 1. The van der Waals surface area contributed by atoms with Gasteiger partial charge in [-0.15, -0.1) is 0 Å². The van der Waals surface area contributed by atoms with Gasteiger partial charge in [-0.2, -0.15) is 0 Å². The fourth-order valence-corrected chi connectivity index (χ4v) is 2.03. The molecule has 0 saturated heterocycles. The molecule has 1 aromatic carbocycles. The summed E-state index contributed by atoms with van der Waals surface area (Å²) in [7, 11) is 0. The molecule has 1 rings (SSSR count). The van der Waals surface area contributed by atoms with Gasteiger partial charge in [-0.25, -0.2) is 0 Å². The lowest BCUT2D eigenvalue weighted by Crippen LogP contribution is -2.42. The van der Waals surface area contributed by atoms with E-state index in [0.29, 0.717) is 6.61 Å². The van der Waals surface area contributed by atoms with Crippen molar-refractivity contribution < 1.29 is 9.53 Å². The molecule has 0 fully saturated rings. The van der Waals surface area contributed by atoms with Crippen LogP contribution in [0.4, 0.5) is 5.69 Å². The molecule has 4 nitrogen and oxygen atoms in total. The maximum absolute atomic E-state index is 12.0. The predicted octanol–water partition coefficient (Wildman–Crippen LogP) is 3.19. The maximum atomic E-state index is 12.0. The zero-order chi connectivity index (χ0) is 15.0. The van der Waals surface area contributed by atoms with Gasteiger partial charge in [0, 0.05) is 17.8 Å². The lowest BCUT2D eigenvalue weighted by Gasteiger charge is -2.19. The van der Waals surface area contributed by atoms with E-state index in [0.717, 1.165) is 24.3 Å². The Balaban J connectivity index is 2.54. The van der Waals surface area contributed by atoms with Crippen LogP contribution in [0.3, 0.4) is 0 Å². The van der Waals surface area contributed by atoms with Gasteiger partial charge in [-0.05, 0) is 39.3 Å². The maximum Gasteiger partial charge on any atom is 0.242 e. The number of hydrogen-bond acceptors (Lipinski definition) is 3. The molecule has 0 aliphatic rings. The van der Waals surface area contributed by atoms with Crippen LogP contribution >= 0.6 is 0 Å². The van der Waals surface area contributed by atoms with Crippen LogP contribution in [0.2, 0.25) is 0 Å². The second-order valence-corrected chi connectivity index (χ2v) is 5.03. The van der Waals surface area contributed by atoms with Gasteiger partial charge in [-0.1, -0.05) is 19.4 Å². The highest BCUT2D eigenvalue weighted by atomic mass is 16.5. The van der Waals surface area contributed by atoms with Crippen molar-refractivity contribution in [1.29, 1.82) is 0 Å². The van der Waals surface area contributed by atoms with E-state index < -0.39 is 0 Å². The summed E-state index contributed by atoms with van der Waals surface area (Å²) in [6.07, 6.45) is 2.07. The van der Waals surface area contributed by atoms with Crippen LogP contribution < -0.4 is 15.4 Å². The van der Waals surface area contributed by atoms with Crippen LogP contribution in [0.15, 0.2) is 24.3 Å². The summed E-state index contributed by atoms with van der Waals surface area (Å²) in [4.78, 5) is 12.0. The number of benzene rings is 1. The van der Waals surface area contributed by atoms with Gasteiger partial charge >= 0.3 is 0 Å². The molecular weight excluding hydrogens is 252 g/mol. The first-order chi connectivity index (χ1) is 9.56. The Labute approximate surface area is 121 Å². The molecule has 1 aromatic rings. The molecule has 0 bridgehead atoms. The number of carbonyl (C=O) groups is 1. The quantitative estimate of drug-likeness (QED) is 0.768. The van der Waals surface area contributed by atoms with E-state index in [-0.39, 0.29) is 18.0 Å². The van der Waals surface area contributed by atoms with Crippen molar-refractivity contribution in [3.8, 4) is 5.75 Å². The Morgan fingerprint density at radius 3 is 2.70 bits per heavy atom. The second kappa shape index (κ2) is 8.46. The highest BCUT2D eigenvalue weighted by Crippen LogP contribution is 2.18. The molecule has 0 heterocycles. The normalized spacial score (nSPS) is 13.4. The fraction of sp³-hybridized carbons (Fsp3) is 0.562. The van der Waals surface area contributed by atoms with Crippen LogP contribution in [0, 0.1) is 0 Å². The van der Waals surface area contributed by atoms with Crippen LogP contribution in [-0.4, -0.2) is 24.6 Å². The fourth-order valence-electron chi connectivity index (χ4n) is 2.03. The molecule has 2 unspecified atom stereocenters. The predicted molar refractivity (Wildman–Crippen MR) is 83.2 cm³/mol. The third-order valence-corrected chi connectivity index (χ3v) is 3.03. The van der Waals surface area contributed by atoms with Gasteiger partial charge in [0.2, 0.25) is 5.91 Å². The number of rotatable bonds is 8. The highest BCUT2D eigenvalue weighted by molar-refractivity contribution is 5.84. The van der Waals surface area contributed by atoms with Gasteiger partial charge in [-0.3, -0.25) is 4.79 Å². The molecule has 20 heavy (non-hydrogen) atoms. The van der Waals surface area contributed by atoms with Crippen LogP contribution in [0.1, 0.15) is 40.5 Å². The summed E-state index contributed by atoms with van der Waals surface area (Å²) in [5.41, 5.74) is 0.891. The van der Waals surface area contributed by atoms with Crippen molar-refractivity contribution in [1.82, 2.24) is 5.32 Å². The zero-order valence-corrected chi connectivity index (χ0v) is 12.9. The van der Waals surface area contributed by atoms with Gasteiger partial charge in [0.15, 0.2) is 0 Å². The summed E-state index contributed by atoms with van der Waals surface area (Å²) in [6, 6.07) is 7.60. The van der Waals surface area contributed by atoms with E-state index in [2.05, 4.69) is 17.6 Å². The standard InChI is InChI=1S/C16H26N2O2/c1-5-8-12(3)17-16(19)13(4)18-14-9-7-10-15(11-14)20-6-2/h7,9-13,18H,5-6,8H2,1-4H3,(H,17,19). The van der Waals surface area contributed by atoms with Crippen molar-refractivity contribution in [2.45, 2.75) is 52.6 Å². The Bertz CT molecular complexity index is 421. The molecule has 0 spiro atoms. The molecule has 0 aromatic heterocycles. The van der Waals surface area contributed by atoms with Gasteiger partial charge < -0.3 is 15.4 Å². The molecule has 2 N–H and O–H groups in total. The van der Waals surface area contributed by atoms with Gasteiger partial charge in [0.25, 0.3) is 0 Å². The van der Waals surface area contributed by atoms with E-state index in [1.54, 1.807) is 0 Å². The second-order valence-electron chi connectivity index (χ2n) is 5.03. The van der Waals surface area contributed by atoms with Gasteiger partial charge in [0.1, 0.15) is 11.8 Å². The number of hydrogen-bond donors (Lipinski definition) is 2. The van der Waals surface area contributed by atoms with E-state index >= 15 is 0 Å². The number of carbonyl (C=O) groups excluding carboxylic acids is 1. The van der Waals surface area contributed by atoms with Crippen molar-refractivity contribution in [3.63, 3.8) is 0 Å². The van der Waals surface area contributed by atoms with Crippen molar-refractivity contribution in [3.05, 3.63) is 24.3 Å². The Kier molecular flexibility index (Phi) is 6.91. The lowest BCUT2D eigenvalue weighted by molar-refractivity contribution is -0.122. The molecule has 0 radical (unpaired) electrons.